The van der Waals surface area contributed by atoms with Gasteiger partial charge in [0, 0.05) is 7.11 Å². The smallest absolute Gasteiger partial charge is 0.326 e. The molecule has 0 aromatic carbocycles. The highest BCUT2D eigenvalue weighted by Crippen LogP contribution is 2.20. The van der Waals surface area contributed by atoms with Gasteiger partial charge in [-0.2, -0.15) is 0 Å². The molecule has 3 nitrogen and oxygen atoms in total. The maximum Gasteiger partial charge on any atom is 0.326 e. The third-order valence-corrected chi connectivity index (χ3v) is 0.490. The van der Waals surface area contributed by atoms with E-state index in [1.165, 1.54) is 7.11 Å². The molecule has 0 heterocycles. The summed E-state index contributed by atoms with van der Waals surface area (Å²) in [6, 6.07) is 0. The van der Waals surface area contributed by atoms with Gasteiger partial charge >= 0.3 is 8.60 Å². The van der Waals surface area contributed by atoms with Crippen LogP contribution < -0.4 is 0 Å². The molecule has 7 heavy (non-hydrogen) atoms. The topological polar surface area (TPSA) is 49.7 Å². The van der Waals surface area contributed by atoms with Crippen molar-refractivity contribution in [2.24, 2.45) is 0 Å². The molecule has 0 fully saturated rings. The van der Waals surface area contributed by atoms with Crippen LogP contribution in [0.15, 0.2) is 0 Å². The van der Waals surface area contributed by atoms with E-state index in [9.17, 15) is 0 Å². The first-order chi connectivity index (χ1) is 2.27. The van der Waals surface area contributed by atoms with Gasteiger partial charge in [-0.1, -0.05) is 0 Å². The maximum absolute atomic E-state index is 7.76. The van der Waals surface area contributed by atoms with E-state index in [2.05, 4.69) is 4.52 Å². The summed E-state index contributed by atoms with van der Waals surface area (Å²) in [5.74, 6) is 0. The molecule has 0 saturated heterocycles. The lowest BCUT2D eigenvalue weighted by Gasteiger charge is -1.89. The van der Waals surface area contributed by atoms with E-state index >= 15 is 0 Å². The van der Waals surface area contributed by atoms with Gasteiger partial charge in [0.05, 0.1) is 0 Å². The number of hydrogen-bond donors (Lipinski definition) is 2. The van der Waals surface area contributed by atoms with Crippen molar-refractivity contribution in [3.63, 3.8) is 0 Å². The molecule has 0 spiro atoms. The second-order valence-corrected chi connectivity index (χ2v) is 1.31. The lowest BCUT2D eigenvalue weighted by molar-refractivity contribution is 0.310. The second-order valence-electron chi connectivity index (χ2n) is 0.435. The van der Waals surface area contributed by atoms with Gasteiger partial charge in [0.1, 0.15) is 0 Å². The molecule has 0 aromatic heterocycles. The minimum atomic E-state index is -2.10. The summed E-state index contributed by atoms with van der Waals surface area (Å²) in [7, 11) is -0.870. The molecular weight excluding hydrogens is 162 g/mol. The summed E-state index contributed by atoms with van der Waals surface area (Å²) < 4.78 is 3.93. The summed E-state index contributed by atoms with van der Waals surface area (Å²) >= 11 is 0. The molecular formula is CH7Cl2O3P. The summed E-state index contributed by atoms with van der Waals surface area (Å²) in [6.07, 6.45) is 0. The van der Waals surface area contributed by atoms with Crippen molar-refractivity contribution >= 4 is 33.4 Å². The Labute approximate surface area is 55.5 Å². The second kappa shape index (κ2) is 10.00. The Morgan fingerprint density at radius 2 is 1.43 bits per heavy atom. The summed E-state index contributed by atoms with van der Waals surface area (Å²) in [6.45, 7) is 0. The van der Waals surface area contributed by atoms with Gasteiger partial charge in [-0.3, -0.25) is 0 Å². The molecule has 0 aromatic rings. The van der Waals surface area contributed by atoms with Crippen LogP contribution in [0.3, 0.4) is 0 Å². The Balaban J connectivity index is -0.0000000800. The van der Waals surface area contributed by atoms with Crippen molar-refractivity contribution in [3.8, 4) is 0 Å². The first-order valence-electron chi connectivity index (χ1n) is 0.991. The van der Waals surface area contributed by atoms with Gasteiger partial charge in [0.2, 0.25) is 0 Å². The number of hydrogen-bond acceptors (Lipinski definition) is 3. The molecule has 0 saturated carbocycles. The maximum atomic E-state index is 7.76. The summed E-state index contributed by atoms with van der Waals surface area (Å²) in [4.78, 5) is 15.5. The zero-order valence-electron chi connectivity index (χ0n) is 3.57. The molecule has 0 aliphatic heterocycles. The van der Waals surface area contributed by atoms with Crippen LogP contribution in [0.4, 0.5) is 0 Å². The number of halogens is 2. The lowest BCUT2D eigenvalue weighted by atomic mass is 11.8. The highest BCUT2D eigenvalue weighted by atomic mass is 35.5. The van der Waals surface area contributed by atoms with E-state index in [-0.39, 0.29) is 24.8 Å². The van der Waals surface area contributed by atoms with E-state index in [1.807, 2.05) is 0 Å². The van der Waals surface area contributed by atoms with E-state index in [0.29, 0.717) is 0 Å². The SMILES string of the molecule is COP(O)O.Cl.Cl. The Kier molecular flexibility index (Phi) is 22.4. The van der Waals surface area contributed by atoms with Crippen LogP contribution in [0.1, 0.15) is 0 Å². The first-order valence-corrected chi connectivity index (χ1v) is 2.16. The molecule has 0 atom stereocenters. The van der Waals surface area contributed by atoms with Crippen LogP contribution in [-0.4, -0.2) is 16.9 Å². The molecule has 48 valence electrons. The van der Waals surface area contributed by atoms with Crippen molar-refractivity contribution in [1.29, 1.82) is 0 Å². The van der Waals surface area contributed by atoms with Crippen molar-refractivity contribution in [1.82, 2.24) is 0 Å². The molecule has 0 amide bonds. The monoisotopic (exact) mass is 168 g/mol. The highest BCUT2D eigenvalue weighted by Gasteiger charge is 1.86. The Bertz CT molecular complexity index is 26.9. The predicted molar refractivity (Wildman–Crippen MR) is 32.9 cm³/mol. The zero-order chi connectivity index (χ0) is 4.28. The molecule has 0 aliphatic carbocycles. The van der Waals surface area contributed by atoms with E-state index in [1.54, 1.807) is 0 Å². The molecule has 0 radical (unpaired) electrons. The number of rotatable bonds is 1. The molecule has 6 heteroatoms. The van der Waals surface area contributed by atoms with Gasteiger partial charge in [-0.05, 0) is 0 Å². The average Bonchev–Trinajstić information content (AvgIpc) is 1.38. The predicted octanol–water partition coefficient (Wildman–Crippen LogP) is 0.688. The molecule has 0 rings (SSSR count). The van der Waals surface area contributed by atoms with Crippen LogP contribution in [-0.2, 0) is 4.52 Å². The molecule has 2 N–H and O–H groups in total. The Morgan fingerprint density at radius 1 is 1.29 bits per heavy atom. The average molecular weight is 169 g/mol. The summed E-state index contributed by atoms with van der Waals surface area (Å²) in [5.41, 5.74) is 0. The largest absolute Gasteiger partial charge is 0.328 e. The molecule has 0 aliphatic rings. The summed E-state index contributed by atoms with van der Waals surface area (Å²) in [5, 5.41) is 0. The van der Waals surface area contributed by atoms with Gasteiger partial charge < -0.3 is 14.3 Å². The Hall–Kier alpha value is 0.890. The lowest BCUT2D eigenvalue weighted by Crippen LogP contribution is -1.67. The fourth-order valence-electron chi connectivity index (χ4n) is 0. The zero-order valence-corrected chi connectivity index (χ0v) is 6.09. The van der Waals surface area contributed by atoms with Gasteiger partial charge in [0.25, 0.3) is 0 Å². The third kappa shape index (κ3) is 19.7. The van der Waals surface area contributed by atoms with Crippen LogP contribution in [0, 0.1) is 0 Å². The quantitative estimate of drug-likeness (QED) is 0.567. The molecule has 0 bridgehead atoms. The van der Waals surface area contributed by atoms with Crippen LogP contribution in [0.2, 0.25) is 0 Å². The fraction of sp³-hybridized carbons (Fsp3) is 1.00. The molecule has 0 unspecified atom stereocenters. The highest BCUT2D eigenvalue weighted by molar-refractivity contribution is 7.39. The van der Waals surface area contributed by atoms with Gasteiger partial charge in [-0.15, -0.1) is 24.8 Å². The minimum Gasteiger partial charge on any atom is -0.328 e. The third-order valence-electron chi connectivity index (χ3n) is 0.163. The van der Waals surface area contributed by atoms with Crippen molar-refractivity contribution in [2.75, 3.05) is 7.11 Å². The van der Waals surface area contributed by atoms with E-state index in [4.69, 9.17) is 9.79 Å². The van der Waals surface area contributed by atoms with Crippen molar-refractivity contribution in [2.45, 2.75) is 0 Å². The van der Waals surface area contributed by atoms with Crippen LogP contribution >= 0.6 is 33.4 Å². The fourth-order valence-corrected chi connectivity index (χ4v) is 0. The normalized spacial score (nSPS) is 6.86. The standard InChI is InChI=1S/CH5O3P.2ClH/c1-4-5(2)3;;/h2-3H,1H3;2*1H. The van der Waals surface area contributed by atoms with E-state index in [0.717, 1.165) is 0 Å². The minimum absolute atomic E-state index is 0. The van der Waals surface area contributed by atoms with Gasteiger partial charge in [0.15, 0.2) is 0 Å². The van der Waals surface area contributed by atoms with Crippen LogP contribution in [0.25, 0.3) is 0 Å². The first kappa shape index (κ1) is 15.7. The van der Waals surface area contributed by atoms with Crippen molar-refractivity contribution < 1.29 is 14.3 Å². The Morgan fingerprint density at radius 3 is 1.43 bits per heavy atom. The van der Waals surface area contributed by atoms with Crippen LogP contribution in [0.5, 0.6) is 0 Å². The van der Waals surface area contributed by atoms with Crippen molar-refractivity contribution in [3.05, 3.63) is 0 Å². The van der Waals surface area contributed by atoms with Gasteiger partial charge in [-0.25, -0.2) is 0 Å². The van der Waals surface area contributed by atoms with E-state index < -0.39 is 8.60 Å².